The van der Waals surface area contributed by atoms with Gasteiger partial charge in [0.25, 0.3) is 0 Å². The predicted octanol–water partition coefficient (Wildman–Crippen LogP) is 1.84. The van der Waals surface area contributed by atoms with Gasteiger partial charge in [0.05, 0.1) is 7.11 Å². The van der Waals surface area contributed by atoms with Crippen LogP contribution in [0.5, 0.6) is 0 Å². The lowest BCUT2D eigenvalue weighted by atomic mass is 9.96. The molecule has 0 atom stereocenters. The smallest absolute Gasteiger partial charge is 0.321 e. The van der Waals surface area contributed by atoms with Crippen LogP contribution >= 0.6 is 22.6 Å². The van der Waals surface area contributed by atoms with Gasteiger partial charge >= 0.3 is 5.97 Å². The van der Waals surface area contributed by atoms with E-state index in [-0.39, 0.29) is 9.39 Å². The Morgan fingerprint density at radius 1 is 1.47 bits per heavy atom. The van der Waals surface area contributed by atoms with E-state index in [2.05, 4.69) is 27.5 Å². The summed E-state index contributed by atoms with van der Waals surface area (Å²) >= 11 is 2.27. The van der Waals surface area contributed by atoms with E-state index >= 15 is 0 Å². The molecule has 0 N–H and O–H groups in total. The molecule has 0 amide bonds. The monoisotopic (exact) mass is 323 g/mol. The molecule has 0 bridgehead atoms. The number of methoxy groups -OCH3 is 1. The molecule has 3 nitrogen and oxygen atoms in total. The van der Waals surface area contributed by atoms with Gasteiger partial charge in [0.15, 0.2) is 0 Å². The largest absolute Gasteiger partial charge is 0.468 e. The molecule has 0 radical (unpaired) electrons. The van der Waals surface area contributed by atoms with Crippen LogP contribution in [0.15, 0.2) is 0 Å². The molecule has 1 aliphatic heterocycles. The number of likely N-dealkylation sites (tertiary alicyclic amines) is 1. The van der Waals surface area contributed by atoms with Crippen LogP contribution in [0.3, 0.4) is 0 Å². The summed E-state index contributed by atoms with van der Waals surface area (Å²) in [7, 11) is 1.49. The Morgan fingerprint density at radius 3 is 2.53 bits per heavy atom. The predicted molar refractivity (Wildman–Crippen MR) is 67.2 cm³/mol. The van der Waals surface area contributed by atoms with Crippen LogP contribution in [0.1, 0.15) is 25.7 Å². The first-order valence-electron chi connectivity index (χ1n) is 5.64. The van der Waals surface area contributed by atoms with Crippen molar-refractivity contribution in [3.63, 3.8) is 0 Å². The quantitative estimate of drug-likeness (QED) is 0.451. The summed E-state index contributed by atoms with van der Waals surface area (Å²) in [5.74, 6) is 0.902. The van der Waals surface area contributed by atoms with E-state index in [1.807, 2.05) is 0 Å². The second kappa shape index (κ2) is 4.57. The summed E-state index contributed by atoms with van der Waals surface area (Å²) in [5, 5.41) is 0. The Bertz CT molecular complexity index is 245. The van der Waals surface area contributed by atoms with Gasteiger partial charge in [-0.05, 0) is 44.7 Å². The normalized spacial score (nSPS) is 26.3. The molecule has 4 heteroatoms. The Hall–Kier alpha value is 0.160. The maximum absolute atomic E-state index is 11.6. The average molecular weight is 323 g/mol. The molecule has 0 unspecified atom stereocenters. The molecule has 2 fully saturated rings. The Labute approximate surface area is 105 Å². The highest BCUT2D eigenvalue weighted by Crippen LogP contribution is 2.35. The number of carbonyl (C=O) groups is 1. The Kier molecular flexibility index (Phi) is 3.55. The molecule has 86 valence electrons. The maximum Gasteiger partial charge on any atom is 0.321 e. The highest BCUT2D eigenvalue weighted by Gasteiger charge is 2.40. The molecule has 2 aliphatic rings. The van der Waals surface area contributed by atoms with Gasteiger partial charge in [-0.2, -0.15) is 0 Å². The molecule has 0 spiro atoms. The van der Waals surface area contributed by atoms with Crippen LogP contribution in [0.2, 0.25) is 0 Å². The minimum Gasteiger partial charge on any atom is -0.468 e. The molecule has 1 aliphatic carbocycles. The number of esters is 1. The summed E-state index contributed by atoms with van der Waals surface area (Å²) in [6, 6.07) is 0. The fourth-order valence-electron chi connectivity index (χ4n) is 2.14. The number of nitrogens with zero attached hydrogens (tertiary/aromatic N) is 1. The van der Waals surface area contributed by atoms with E-state index in [1.165, 1.54) is 26.5 Å². The number of alkyl halides is 1. The minimum absolute atomic E-state index is 0.0471. The lowest BCUT2D eigenvalue weighted by molar-refractivity contribution is -0.144. The van der Waals surface area contributed by atoms with Gasteiger partial charge in [0, 0.05) is 6.54 Å². The number of ether oxygens (including phenoxy) is 1. The highest BCUT2D eigenvalue weighted by atomic mass is 127. The molecule has 2 rings (SSSR count). The number of rotatable bonds is 3. The molecular weight excluding hydrogens is 305 g/mol. The van der Waals surface area contributed by atoms with Crippen molar-refractivity contribution in [2.45, 2.75) is 29.1 Å². The summed E-state index contributed by atoms with van der Waals surface area (Å²) < 4.78 is 4.60. The molecule has 1 saturated heterocycles. The summed E-state index contributed by atoms with van der Waals surface area (Å²) in [6.45, 7) is 3.34. The average Bonchev–Trinajstić information content (AvgIpc) is 3.04. The number of piperidine rings is 1. The molecule has 0 aromatic rings. The second-order valence-corrected chi connectivity index (χ2v) is 6.77. The van der Waals surface area contributed by atoms with Gasteiger partial charge < -0.3 is 9.64 Å². The van der Waals surface area contributed by atoms with E-state index in [0.717, 1.165) is 31.8 Å². The zero-order valence-corrected chi connectivity index (χ0v) is 11.3. The van der Waals surface area contributed by atoms with Crippen LogP contribution in [-0.4, -0.2) is 41.0 Å². The minimum atomic E-state index is -0.257. The second-order valence-electron chi connectivity index (χ2n) is 4.70. The van der Waals surface area contributed by atoms with E-state index in [1.54, 1.807) is 0 Å². The third-order valence-electron chi connectivity index (χ3n) is 3.41. The third kappa shape index (κ3) is 2.84. The van der Waals surface area contributed by atoms with Gasteiger partial charge in [0.2, 0.25) is 0 Å². The van der Waals surface area contributed by atoms with Crippen LogP contribution < -0.4 is 0 Å². The molecule has 1 saturated carbocycles. The Balaban J connectivity index is 1.81. The topological polar surface area (TPSA) is 29.5 Å². The van der Waals surface area contributed by atoms with E-state index in [4.69, 9.17) is 4.74 Å². The van der Waals surface area contributed by atoms with Crippen LogP contribution in [0.25, 0.3) is 0 Å². The highest BCUT2D eigenvalue weighted by molar-refractivity contribution is 14.1. The first-order chi connectivity index (χ1) is 7.14. The van der Waals surface area contributed by atoms with Gasteiger partial charge in [0.1, 0.15) is 3.42 Å². The van der Waals surface area contributed by atoms with Crippen LogP contribution in [0.4, 0.5) is 0 Å². The standard InChI is InChI=1S/C11H18INO2/c1-15-10(14)11(12)4-6-13(7-5-11)8-9-2-3-9/h9H,2-8H2,1H3. The molecule has 0 aromatic carbocycles. The fraction of sp³-hybridized carbons (Fsp3) is 0.909. The molecular formula is C11H18INO2. The van der Waals surface area contributed by atoms with Crippen molar-refractivity contribution in [3.05, 3.63) is 0 Å². The summed E-state index contributed by atoms with van der Waals surface area (Å²) in [6.07, 6.45) is 4.69. The van der Waals surface area contributed by atoms with Crippen LogP contribution in [0, 0.1) is 5.92 Å². The number of carbonyl (C=O) groups excluding carboxylic acids is 1. The Morgan fingerprint density at radius 2 is 2.07 bits per heavy atom. The number of halogens is 1. The number of hydrogen-bond acceptors (Lipinski definition) is 3. The van der Waals surface area contributed by atoms with Crippen LogP contribution in [-0.2, 0) is 9.53 Å². The zero-order chi connectivity index (χ0) is 10.9. The van der Waals surface area contributed by atoms with Crippen molar-refractivity contribution < 1.29 is 9.53 Å². The maximum atomic E-state index is 11.6. The van der Waals surface area contributed by atoms with E-state index in [9.17, 15) is 4.79 Å². The molecule has 15 heavy (non-hydrogen) atoms. The van der Waals surface area contributed by atoms with Crippen molar-refractivity contribution in [3.8, 4) is 0 Å². The fourth-order valence-corrected chi connectivity index (χ4v) is 2.85. The van der Waals surface area contributed by atoms with E-state index in [0.29, 0.717) is 0 Å². The van der Waals surface area contributed by atoms with Gasteiger partial charge in [-0.15, -0.1) is 0 Å². The first-order valence-corrected chi connectivity index (χ1v) is 6.71. The number of hydrogen-bond donors (Lipinski definition) is 0. The summed E-state index contributed by atoms with van der Waals surface area (Å²) in [4.78, 5) is 14.1. The lowest BCUT2D eigenvalue weighted by Crippen LogP contribution is -2.46. The SMILES string of the molecule is COC(=O)C1(I)CCN(CC2CC2)CC1. The van der Waals surface area contributed by atoms with Gasteiger partial charge in [-0.25, -0.2) is 0 Å². The lowest BCUT2D eigenvalue weighted by Gasteiger charge is -2.36. The van der Waals surface area contributed by atoms with Gasteiger partial charge in [-0.1, -0.05) is 22.6 Å². The first kappa shape index (κ1) is 11.6. The van der Waals surface area contributed by atoms with Crippen molar-refractivity contribution in [2.24, 2.45) is 5.92 Å². The van der Waals surface area contributed by atoms with E-state index < -0.39 is 0 Å². The summed E-state index contributed by atoms with van der Waals surface area (Å²) in [5.41, 5.74) is 0. The van der Waals surface area contributed by atoms with Crippen molar-refractivity contribution in [1.82, 2.24) is 4.90 Å². The zero-order valence-electron chi connectivity index (χ0n) is 9.17. The molecule has 0 aromatic heterocycles. The van der Waals surface area contributed by atoms with Crippen molar-refractivity contribution in [1.29, 1.82) is 0 Å². The molecule has 1 heterocycles. The van der Waals surface area contributed by atoms with Gasteiger partial charge in [-0.3, -0.25) is 4.79 Å². The third-order valence-corrected chi connectivity index (χ3v) is 4.93. The van der Waals surface area contributed by atoms with Crippen molar-refractivity contribution >= 4 is 28.6 Å². The van der Waals surface area contributed by atoms with Crippen molar-refractivity contribution in [2.75, 3.05) is 26.7 Å².